The minimum atomic E-state index is 0.115. The van der Waals surface area contributed by atoms with Crippen molar-refractivity contribution >= 4 is 11.6 Å². The van der Waals surface area contributed by atoms with Crippen LogP contribution in [0, 0.1) is 5.92 Å². The average molecular weight is 351 g/mol. The summed E-state index contributed by atoms with van der Waals surface area (Å²) in [5, 5.41) is 0. The van der Waals surface area contributed by atoms with Crippen LogP contribution in [0.2, 0.25) is 0 Å². The molecule has 0 bridgehead atoms. The molecule has 0 saturated carbocycles. The quantitative estimate of drug-likeness (QED) is 0.788. The monoisotopic (exact) mass is 351 g/mol. The zero-order valence-corrected chi connectivity index (χ0v) is 15.9. The first-order chi connectivity index (χ1) is 12.7. The maximum atomic E-state index is 12.9. The lowest BCUT2D eigenvalue weighted by Crippen LogP contribution is -2.39. The van der Waals surface area contributed by atoms with E-state index in [1.165, 1.54) is 5.56 Å². The summed E-state index contributed by atoms with van der Waals surface area (Å²) in [6.07, 6.45) is 6.80. The Morgan fingerprint density at radius 2 is 1.81 bits per heavy atom. The Morgan fingerprint density at radius 1 is 1.12 bits per heavy atom. The van der Waals surface area contributed by atoms with E-state index in [1.807, 2.05) is 17.2 Å². The Labute approximate surface area is 156 Å². The van der Waals surface area contributed by atoms with Gasteiger partial charge in [0.05, 0.1) is 17.4 Å². The largest absolute Gasteiger partial charge is 0.371 e. The lowest BCUT2D eigenvalue weighted by Gasteiger charge is -2.32. The Bertz CT molecular complexity index is 704. The third-order valence-electron chi connectivity index (χ3n) is 5.37. The number of piperidine rings is 1. The summed E-state index contributed by atoms with van der Waals surface area (Å²) in [6.45, 7) is 7.75. The lowest BCUT2D eigenvalue weighted by atomic mass is 9.90. The summed E-state index contributed by atoms with van der Waals surface area (Å²) in [5.74, 6) is 0.784. The van der Waals surface area contributed by atoms with Crippen LogP contribution in [0.4, 0.5) is 5.69 Å². The Hall–Kier alpha value is -2.36. The van der Waals surface area contributed by atoms with Crippen molar-refractivity contribution in [3.8, 4) is 0 Å². The predicted molar refractivity (Wildman–Crippen MR) is 107 cm³/mol. The molecule has 4 heteroatoms. The Balaban J connectivity index is 1.59. The van der Waals surface area contributed by atoms with Crippen molar-refractivity contribution in [2.45, 2.75) is 33.1 Å². The number of carbonyl (C=O) groups excluding carboxylic acids is 1. The molecule has 0 unspecified atom stereocenters. The minimum absolute atomic E-state index is 0.115. The molecule has 1 aromatic carbocycles. The number of nitrogens with zero attached hydrogens (tertiary/aromatic N) is 3. The standard InChI is InChI=1S/C22H29N3O/c1-3-24(4-2)21-15-20(16-23-17-21)22(26)25-12-10-19(11-13-25)14-18-8-6-5-7-9-18/h5-9,15-17,19H,3-4,10-14H2,1-2H3. The molecule has 1 aliphatic rings. The zero-order chi connectivity index (χ0) is 18.4. The molecule has 0 N–H and O–H groups in total. The maximum absolute atomic E-state index is 12.9. The molecule has 1 saturated heterocycles. The van der Waals surface area contributed by atoms with E-state index in [2.05, 4.69) is 54.1 Å². The topological polar surface area (TPSA) is 36.4 Å². The third kappa shape index (κ3) is 4.43. The van der Waals surface area contributed by atoms with E-state index in [4.69, 9.17) is 0 Å². The molecule has 26 heavy (non-hydrogen) atoms. The van der Waals surface area contributed by atoms with Crippen LogP contribution in [0.5, 0.6) is 0 Å². The van der Waals surface area contributed by atoms with Crippen LogP contribution in [0.15, 0.2) is 48.8 Å². The molecule has 2 aromatic rings. The van der Waals surface area contributed by atoms with E-state index in [0.29, 0.717) is 11.5 Å². The van der Waals surface area contributed by atoms with Gasteiger partial charge >= 0.3 is 0 Å². The highest BCUT2D eigenvalue weighted by Crippen LogP contribution is 2.23. The van der Waals surface area contributed by atoms with Gasteiger partial charge in [0, 0.05) is 32.4 Å². The molecule has 0 atom stereocenters. The van der Waals surface area contributed by atoms with Gasteiger partial charge in [-0.25, -0.2) is 0 Å². The van der Waals surface area contributed by atoms with Crippen molar-refractivity contribution in [2.75, 3.05) is 31.1 Å². The van der Waals surface area contributed by atoms with E-state index >= 15 is 0 Å². The van der Waals surface area contributed by atoms with E-state index in [0.717, 1.165) is 51.1 Å². The van der Waals surface area contributed by atoms with Crippen LogP contribution in [0.3, 0.4) is 0 Å². The number of carbonyl (C=O) groups is 1. The minimum Gasteiger partial charge on any atom is -0.371 e. The highest BCUT2D eigenvalue weighted by Gasteiger charge is 2.24. The molecule has 0 radical (unpaired) electrons. The predicted octanol–water partition coefficient (Wildman–Crippen LogP) is 4.02. The first-order valence-electron chi connectivity index (χ1n) is 9.74. The summed E-state index contributed by atoms with van der Waals surface area (Å²) in [5.41, 5.74) is 3.13. The van der Waals surface area contributed by atoms with Gasteiger partial charge < -0.3 is 9.80 Å². The van der Waals surface area contributed by atoms with Gasteiger partial charge in [0.25, 0.3) is 5.91 Å². The van der Waals surface area contributed by atoms with Crippen LogP contribution in [0.1, 0.15) is 42.6 Å². The fraction of sp³-hybridized carbons (Fsp3) is 0.455. The van der Waals surface area contributed by atoms with Gasteiger partial charge in [-0.05, 0) is 50.7 Å². The molecule has 4 nitrogen and oxygen atoms in total. The number of pyridine rings is 1. The number of hydrogen-bond donors (Lipinski definition) is 0. The number of likely N-dealkylation sites (tertiary alicyclic amines) is 1. The molecule has 1 amide bonds. The summed E-state index contributed by atoms with van der Waals surface area (Å²) >= 11 is 0. The third-order valence-corrected chi connectivity index (χ3v) is 5.37. The van der Waals surface area contributed by atoms with Crippen molar-refractivity contribution in [3.63, 3.8) is 0 Å². The van der Waals surface area contributed by atoms with Crippen LogP contribution >= 0.6 is 0 Å². The fourth-order valence-corrected chi connectivity index (χ4v) is 3.78. The van der Waals surface area contributed by atoms with E-state index in [-0.39, 0.29) is 5.91 Å². The molecular formula is C22H29N3O. The van der Waals surface area contributed by atoms with Crippen LogP contribution < -0.4 is 4.90 Å². The van der Waals surface area contributed by atoms with Crippen LogP contribution in [-0.4, -0.2) is 42.0 Å². The van der Waals surface area contributed by atoms with Gasteiger partial charge in [0.2, 0.25) is 0 Å². The van der Waals surface area contributed by atoms with Gasteiger partial charge in [0.15, 0.2) is 0 Å². The smallest absolute Gasteiger partial charge is 0.255 e. The van der Waals surface area contributed by atoms with Crippen LogP contribution in [0.25, 0.3) is 0 Å². The molecule has 1 aromatic heterocycles. The van der Waals surface area contributed by atoms with Crippen molar-refractivity contribution in [1.29, 1.82) is 0 Å². The van der Waals surface area contributed by atoms with E-state index < -0.39 is 0 Å². The number of aromatic nitrogens is 1. The molecule has 1 fully saturated rings. The second-order valence-corrected chi connectivity index (χ2v) is 7.03. The fourth-order valence-electron chi connectivity index (χ4n) is 3.78. The zero-order valence-electron chi connectivity index (χ0n) is 15.9. The molecule has 1 aliphatic heterocycles. The Kier molecular flexibility index (Phi) is 6.26. The van der Waals surface area contributed by atoms with Crippen molar-refractivity contribution in [1.82, 2.24) is 9.88 Å². The summed E-state index contributed by atoms with van der Waals surface area (Å²) in [4.78, 5) is 21.4. The number of amides is 1. The molecule has 0 spiro atoms. The highest BCUT2D eigenvalue weighted by atomic mass is 16.2. The lowest BCUT2D eigenvalue weighted by molar-refractivity contribution is 0.0690. The highest BCUT2D eigenvalue weighted by molar-refractivity contribution is 5.94. The van der Waals surface area contributed by atoms with Crippen LogP contribution in [-0.2, 0) is 6.42 Å². The molecule has 0 aliphatic carbocycles. The number of hydrogen-bond acceptors (Lipinski definition) is 3. The first-order valence-corrected chi connectivity index (χ1v) is 9.74. The van der Waals surface area contributed by atoms with Crippen molar-refractivity contribution < 1.29 is 4.79 Å². The second kappa shape index (κ2) is 8.84. The van der Waals surface area contributed by atoms with Gasteiger partial charge in [-0.3, -0.25) is 9.78 Å². The van der Waals surface area contributed by atoms with Gasteiger partial charge in [-0.1, -0.05) is 30.3 Å². The average Bonchev–Trinajstić information content (AvgIpc) is 2.70. The van der Waals surface area contributed by atoms with E-state index in [1.54, 1.807) is 6.20 Å². The Morgan fingerprint density at radius 3 is 2.46 bits per heavy atom. The molecular weight excluding hydrogens is 322 g/mol. The van der Waals surface area contributed by atoms with Crippen molar-refractivity contribution in [2.24, 2.45) is 5.92 Å². The normalized spacial score (nSPS) is 15.1. The second-order valence-electron chi connectivity index (χ2n) is 7.03. The summed E-state index contributed by atoms with van der Waals surface area (Å²) in [7, 11) is 0. The molecule has 3 rings (SSSR count). The molecule has 138 valence electrons. The summed E-state index contributed by atoms with van der Waals surface area (Å²) in [6, 6.07) is 12.6. The first kappa shape index (κ1) is 18.4. The SMILES string of the molecule is CCN(CC)c1cncc(C(=O)N2CCC(Cc3ccccc3)CC2)c1. The number of benzene rings is 1. The maximum Gasteiger partial charge on any atom is 0.255 e. The number of rotatable bonds is 6. The van der Waals surface area contributed by atoms with E-state index in [9.17, 15) is 4.79 Å². The van der Waals surface area contributed by atoms with Gasteiger partial charge in [0.1, 0.15) is 0 Å². The van der Waals surface area contributed by atoms with Gasteiger partial charge in [-0.15, -0.1) is 0 Å². The number of anilines is 1. The van der Waals surface area contributed by atoms with Crippen molar-refractivity contribution in [3.05, 3.63) is 59.9 Å². The van der Waals surface area contributed by atoms with Gasteiger partial charge in [-0.2, -0.15) is 0 Å². The molecule has 2 heterocycles. The summed E-state index contributed by atoms with van der Waals surface area (Å²) < 4.78 is 0.